The van der Waals surface area contributed by atoms with E-state index in [0.29, 0.717) is 0 Å². The summed E-state index contributed by atoms with van der Waals surface area (Å²) in [4.78, 5) is 10.4. The van der Waals surface area contributed by atoms with Gasteiger partial charge in [0.2, 0.25) is 5.82 Å². The van der Waals surface area contributed by atoms with Crippen LogP contribution in [0.1, 0.15) is 0 Å². The average molecular weight is 276 g/mol. The molecule has 1 atom stereocenters. The van der Waals surface area contributed by atoms with E-state index in [1.165, 1.54) is 9.24 Å². The van der Waals surface area contributed by atoms with Crippen molar-refractivity contribution in [3.05, 3.63) is 23.5 Å². The number of hydrogen-bond acceptors (Lipinski definition) is 2. The highest BCUT2D eigenvalue weighted by molar-refractivity contribution is 7.27. The largest absolute Gasteiger partial charge is 0.491 e. The summed E-state index contributed by atoms with van der Waals surface area (Å²) >= 11 is 0. The van der Waals surface area contributed by atoms with Crippen LogP contribution in [0, 0.1) is 17.5 Å². The molecule has 0 fully saturated rings. The maximum atomic E-state index is 13.0. The molecule has 1 aromatic rings. The molecule has 0 bridgehead atoms. The van der Waals surface area contributed by atoms with Crippen molar-refractivity contribution in [1.29, 1.82) is 0 Å². The summed E-state index contributed by atoms with van der Waals surface area (Å²) in [5.74, 6) is -9.23. The lowest BCUT2D eigenvalue weighted by atomic mass is 10.3. The van der Waals surface area contributed by atoms with Gasteiger partial charge in [-0.15, -0.1) is 0 Å². The van der Waals surface area contributed by atoms with E-state index in [1.807, 2.05) is 0 Å². The van der Waals surface area contributed by atoms with Crippen molar-refractivity contribution in [3.63, 3.8) is 0 Å². The molecule has 0 amide bonds. The molecule has 0 spiro atoms. The molecule has 17 heavy (non-hydrogen) atoms. The first-order chi connectivity index (χ1) is 7.64. The van der Waals surface area contributed by atoms with Gasteiger partial charge in [-0.3, -0.25) is 0 Å². The molecular formula is C8H3F6O2P. The summed E-state index contributed by atoms with van der Waals surface area (Å²) in [6, 6.07) is 0.114. The fourth-order valence-electron chi connectivity index (χ4n) is 0.838. The second-order valence-electron chi connectivity index (χ2n) is 2.78. The zero-order valence-electron chi connectivity index (χ0n) is 7.74. The van der Waals surface area contributed by atoms with Crippen LogP contribution in [0.25, 0.3) is 0 Å². The van der Waals surface area contributed by atoms with Gasteiger partial charge in [-0.25, -0.2) is 13.6 Å². The predicted octanol–water partition coefficient (Wildman–Crippen LogP) is 2.07. The highest BCUT2D eigenvalue weighted by Gasteiger charge is 2.42. The van der Waals surface area contributed by atoms with Crippen molar-refractivity contribution in [2.45, 2.75) is 6.18 Å². The van der Waals surface area contributed by atoms with Crippen molar-refractivity contribution < 1.29 is 35.9 Å². The lowest BCUT2D eigenvalue weighted by Crippen LogP contribution is -2.30. The van der Waals surface area contributed by atoms with E-state index in [-0.39, 0.29) is 6.07 Å². The molecule has 1 aromatic carbocycles. The molecule has 0 heterocycles. The van der Waals surface area contributed by atoms with Crippen LogP contribution in [-0.4, -0.2) is 12.1 Å². The molecule has 9 heteroatoms. The Balaban J connectivity index is 3.20. The standard InChI is InChI=1S/C8H3F6O2P/c9-2-1-3(10)6(17)5(4(2)11)16-7(15)8(12,13)14/h1H,17H2. The lowest BCUT2D eigenvalue weighted by molar-refractivity contribution is -0.189. The summed E-state index contributed by atoms with van der Waals surface area (Å²) in [5, 5.41) is -0.818. The second kappa shape index (κ2) is 4.52. The van der Waals surface area contributed by atoms with Crippen molar-refractivity contribution in [3.8, 4) is 5.75 Å². The maximum Gasteiger partial charge on any atom is 0.491 e. The monoisotopic (exact) mass is 276 g/mol. The number of halogens is 6. The molecule has 0 aromatic heterocycles. The normalized spacial score (nSPS) is 11.5. The van der Waals surface area contributed by atoms with Crippen molar-refractivity contribution in [1.82, 2.24) is 0 Å². The molecule has 2 nitrogen and oxygen atoms in total. The van der Waals surface area contributed by atoms with Crippen LogP contribution in [-0.2, 0) is 4.79 Å². The molecule has 0 aliphatic carbocycles. The molecule has 0 aliphatic heterocycles. The predicted molar refractivity (Wildman–Crippen MR) is 47.4 cm³/mol. The van der Waals surface area contributed by atoms with Gasteiger partial charge in [0.05, 0.1) is 5.30 Å². The lowest BCUT2D eigenvalue weighted by Gasteiger charge is -2.10. The number of hydrogen-bond donors (Lipinski definition) is 0. The number of esters is 1. The van der Waals surface area contributed by atoms with E-state index in [1.54, 1.807) is 0 Å². The topological polar surface area (TPSA) is 26.3 Å². The Bertz CT molecular complexity index is 444. The van der Waals surface area contributed by atoms with Gasteiger partial charge in [0.1, 0.15) is 5.82 Å². The summed E-state index contributed by atoms with van der Waals surface area (Å²) in [5.41, 5.74) is 0. The Morgan fingerprint density at radius 3 is 2.18 bits per heavy atom. The number of ether oxygens (including phenoxy) is 1. The zero-order valence-corrected chi connectivity index (χ0v) is 8.89. The molecular weight excluding hydrogens is 273 g/mol. The molecule has 0 N–H and O–H groups in total. The number of carbonyl (C=O) groups is 1. The third kappa shape index (κ3) is 2.88. The highest BCUT2D eigenvalue weighted by Crippen LogP contribution is 2.25. The van der Waals surface area contributed by atoms with Crippen molar-refractivity contribution in [2.24, 2.45) is 0 Å². The summed E-state index contributed by atoms with van der Waals surface area (Å²) in [6.07, 6.45) is -5.40. The SMILES string of the molecule is O=C(Oc1c(F)c(F)cc(F)c1P)C(F)(F)F. The van der Waals surface area contributed by atoms with Crippen molar-refractivity contribution in [2.75, 3.05) is 0 Å². The molecule has 1 unspecified atom stereocenters. The number of alkyl halides is 3. The number of benzene rings is 1. The first-order valence-corrected chi connectivity index (χ1v) is 4.44. The Kier molecular flexibility index (Phi) is 3.66. The molecule has 0 aliphatic rings. The summed E-state index contributed by atoms with van der Waals surface area (Å²) < 4.78 is 77.5. The van der Waals surface area contributed by atoms with E-state index < -0.39 is 40.7 Å². The van der Waals surface area contributed by atoms with E-state index in [4.69, 9.17) is 0 Å². The Morgan fingerprint density at radius 2 is 1.71 bits per heavy atom. The second-order valence-corrected chi connectivity index (χ2v) is 3.36. The third-order valence-electron chi connectivity index (χ3n) is 1.59. The van der Waals surface area contributed by atoms with Crippen LogP contribution >= 0.6 is 9.24 Å². The van der Waals surface area contributed by atoms with Gasteiger partial charge in [-0.05, 0) is 0 Å². The molecule has 0 saturated heterocycles. The Morgan fingerprint density at radius 1 is 1.18 bits per heavy atom. The number of carbonyl (C=O) groups excluding carboxylic acids is 1. The third-order valence-corrected chi connectivity index (χ3v) is 2.13. The first kappa shape index (κ1) is 13.8. The van der Waals surface area contributed by atoms with Crippen LogP contribution in [0.4, 0.5) is 26.3 Å². The zero-order chi connectivity index (χ0) is 13.4. The van der Waals surface area contributed by atoms with Gasteiger partial charge in [-0.1, -0.05) is 9.24 Å². The maximum absolute atomic E-state index is 13.0. The van der Waals surface area contributed by atoms with Gasteiger partial charge >= 0.3 is 12.1 Å². The minimum absolute atomic E-state index is 0.114. The molecule has 1 rings (SSSR count). The van der Waals surface area contributed by atoms with Crippen molar-refractivity contribution >= 4 is 20.5 Å². The molecule has 0 radical (unpaired) electrons. The van der Waals surface area contributed by atoms with E-state index in [2.05, 4.69) is 4.74 Å². The summed E-state index contributed by atoms with van der Waals surface area (Å²) in [6.45, 7) is 0. The average Bonchev–Trinajstić information content (AvgIpc) is 2.20. The summed E-state index contributed by atoms with van der Waals surface area (Å²) in [7, 11) is 1.51. The fraction of sp³-hybridized carbons (Fsp3) is 0.125. The van der Waals surface area contributed by atoms with E-state index in [0.717, 1.165) is 0 Å². The van der Waals surface area contributed by atoms with Gasteiger partial charge in [0.15, 0.2) is 11.6 Å². The van der Waals surface area contributed by atoms with Gasteiger partial charge < -0.3 is 4.74 Å². The highest BCUT2D eigenvalue weighted by atomic mass is 31.0. The van der Waals surface area contributed by atoms with Crippen LogP contribution in [0.2, 0.25) is 0 Å². The van der Waals surface area contributed by atoms with Gasteiger partial charge in [-0.2, -0.15) is 17.6 Å². The fourth-order valence-corrected chi connectivity index (χ4v) is 1.11. The van der Waals surface area contributed by atoms with Crippen LogP contribution in [0.15, 0.2) is 6.07 Å². The Hall–Kier alpha value is -1.30. The van der Waals surface area contributed by atoms with Gasteiger partial charge in [0.25, 0.3) is 0 Å². The first-order valence-electron chi connectivity index (χ1n) is 3.86. The quantitative estimate of drug-likeness (QED) is 0.258. The van der Waals surface area contributed by atoms with Crippen LogP contribution < -0.4 is 10.0 Å². The van der Waals surface area contributed by atoms with E-state index in [9.17, 15) is 31.1 Å². The van der Waals surface area contributed by atoms with Gasteiger partial charge in [0, 0.05) is 6.07 Å². The van der Waals surface area contributed by atoms with Crippen LogP contribution in [0.3, 0.4) is 0 Å². The van der Waals surface area contributed by atoms with E-state index >= 15 is 0 Å². The number of rotatable bonds is 1. The minimum Gasteiger partial charge on any atom is -0.416 e. The molecule has 94 valence electrons. The van der Waals surface area contributed by atoms with Crippen LogP contribution in [0.5, 0.6) is 5.75 Å². The Labute approximate surface area is 92.8 Å². The smallest absolute Gasteiger partial charge is 0.416 e. The molecule has 0 saturated carbocycles. The minimum atomic E-state index is -5.40.